The largest absolute Gasteiger partial charge is 0.488 e. The zero-order valence-electron chi connectivity index (χ0n) is 21.2. The number of thiophene rings is 1. The summed E-state index contributed by atoms with van der Waals surface area (Å²) in [6.07, 6.45) is 0.631. The standard InChI is InChI=1S/C29H23Cl2N3O4S2/c1-15-16(14-40-29-23(28(37)34(15)29)12-19(35)11-20-3-2-8-39-20)13-38-25-7-5-18(31)10-22(25)26-32-24-6-4-17(30)9-21(24)27(36)33-26/h2-10,14-15,23,29H,11-13H2,1H3,(H,32,33,36). The minimum Gasteiger partial charge on any atom is -0.488 e. The van der Waals surface area contributed by atoms with Gasteiger partial charge in [0, 0.05) is 27.8 Å². The van der Waals surface area contributed by atoms with Gasteiger partial charge in [-0.05, 0) is 65.7 Å². The minimum atomic E-state index is -0.320. The monoisotopic (exact) mass is 611 g/mol. The summed E-state index contributed by atoms with van der Waals surface area (Å²) >= 11 is 15.4. The quantitative estimate of drug-likeness (QED) is 0.234. The lowest BCUT2D eigenvalue weighted by Gasteiger charge is -2.52. The molecule has 0 aliphatic carbocycles. The van der Waals surface area contributed by atoms with E-state index in [-0.39, 0.29) is 47.6 Å². The molecule has 1 N–H and O–H groups in total. The fourth-order valence-electron chi connectivity index (χ4n) is 5.04. The number of ketones is 1. The molecule has 204 valence electrons. The summed E-state index contributed by atoms with van der Waals surface area (Å²) in [5, 5.41) is 5.24. The number of Topliss-reactive ketones (excluding diaryl/α,β-unsaturated/α-hetero) is 1. The number of fused-ring (bicyclic) bond motifs is 2. The number of amides is 1. The van der Waals surface area contributed by atoms with Crippen LogP contribution in [0.15, 0.2) is 69.7 Å². The molecule has 6 rings (SSSR count). The van der Waals surface area contributed by atoms with Crippen LogP contribution in [0.5, 0.6) is 5.75 Å². The molecule has 2 aromatic heterocycles. The van der Waals surface area contributed by atoms with Crippen molar-refractivity contribution < 1.29 is 14.3 Å². The summed E-state index contributed by atoms with van der Waals surface area (Å²) in [5.41, 5.74) is 1.66. The van der Waals surface area contributed by atoms with Crippen molar-refractivity contribution in [3.8, 4) is 17.1 Å². The van der Waals surface area contributed by atoms with E-state index < -0.39 is 0 Å². The molecule has 1 fully saturated rings. The van der Waals surface area contributed by atoms with Crippen molar-refractivity contribution in [3.63, 3.8) is 0 Å². The molecule has 4 heterocycles. The van der Waals surface area contributed by atoms with Gasteiger partial charge in [-0.2, -0.15) is 0 Å². The van der Waals surface area contributed by atoms with E-state index in [0.717, 1.165) is 10.5 Å². The van der Waals surface area contributed by atoms with Crippen LogP contribution in [0.4, 0.5) is 0 Å². The van der Waals surface area contributed by atoms with E-state index in [9.17, 15) is 14.4 Å². The highest BCUT2D eigenvalue weighted by Crippen LogP contribution is 2.45. The number of carbonyl (C=O) groups is 2. The predicted octanol–water partition coefficient (Wildman–Crippen LogP) is 6.34. The number of H-pyrrole nitrogens is 1. The molecule has 2 aliphatic rings. The number of nitrogens with zero attached hydrogens (tertiary/aromatic N) is 2. The van der Waals surface area contributed by atoms with Gasteiger partial charge in [-0.1, -0.05) is 29.3 Å². The summed E-state index contributed by atoms with van der Waals surface area (Å²) in [6.45, 7) is 2.20. The maximum atomic E-state index is 13.0. The van der Waals surface area contributed by atoms with Gasteiger partial charge in [0.25, 0.3) is 5.56 Å². The van der Waals surface area contributed by atoms with E-state index >= 15 is 0 Å². The van der Waals surface area contributed by atoms with E-state index in [2.05, 4.69) is 9.97 Å². The summed E-state index contributed by atoms with van der Waals surface area (Å²) < 4.78 is 6.21. The highest BCUT2D eigenvalue weighted by molar-refractivity contribution is 8.02. The zero-order chi connectivity index (χ0) is 28.0. The van der Waals surface area contributed by atoms with Crippen LogP contribution >= 0.6 is 46.3 Å². The van der Waals surface area contributed by atoms with Crippen molar-refractivity contribution in [1.82, 2.24) is 14.9 Å². The number of ether oxygens (including phenoxy) is 1. The lowest BCUT2D eigenvalue weighted by atomic mass is 9.88. The molecule has 1 saturated heterocycles. The molecule has 0 spiro atoms. The first-order valence-corrected chi connectivity index (χ1v) is 15.2. The fraction of sp³-hybridized carbons (Fsp3) is 0.241. The first kappa shape index (κ1) is 27.1. The molecule has 0 saturated carbocycles. The van der Waals surface area contributed by atoms with Crippen LogP contribution in [0.3, 0.4) is 0 Å². The third-order valence-corrected chi connectivity index (χ3v) is 9.78. The molecular weight excluding hydrogens is 589 g/mol. The lowest BCUT2D eigenvalue weighted by Crippen LogP contribution is -2.64. The predicted molar refractivity (Wildman–Crippen MR) is 160 cm³/mol. The average Bonchev–Trinajstić information content (AvgIpc) is 3.44. The second-order valence-electron chi connectivity index (χ2n) is 9.75. The van der Waals surface area contributed by atoms with Crippen molar-refractivity contribution in [2.45, 2.75) is 31.2 Å². The Morgan fingerprint density at radius 3 is 2.73 bits per heavy atom. The minimum absolute atomic E-state index is 0.000328. The smallest absolute Gasteiger partial charge is 0.259 e. The molecule has 1 amide bonds. The number of hydrogen-bond donors (Lipinski definition) is 1. The third-order valence-electron chi connectivity index (χ3n) is 7.16. The molecule has 2 aromatic carbocycles. The number of halogens is 2. The highest BCUT2D eigenvalue weighted by atomic mass is 35.5. The Morgan fingerprint density at radius 2 is 1.93 bits per heavy atom. The third kappa shape index (κ3) is 5.19. The first-order chi connectivity index (χ1) is 19.3. The van der Waals surface area contributed by atoms with Gasteiger partial charge in [0.1, 0.15) is 24.0 Å². The van der Waals surface area contributed by atoms with Gasteiger partial charge >= 0.3 is 0 Å². The number of benzene rings is 2. The van der Waals surface area contributed by atoms with E-state index in [1.54, 1.807) is 59.5 Å². The topological polar surface area (TPSA) is 92.4 Å². The van der Waals surface area contributed by atoms with Gasteiger partial charge in [0.05, 0.1) is 33.8 Å². The second kappa shape index (κ2) is 11.0. The number of nitrogens with one attached hydrogen (secondary N) is 1. The molecule has 11 heteroatoms. The summed E-state index contributed by atoms with van der Waals surface area (Å²) in [5.74, 6) is 0.608. The summed E-state index contributed by atoms with van der Waals surface area (Å²) in [7, 11) is 0. The number of thioether (sulfide) groups is 1. The van der Waals surface area contributed by atoms with Crippen LogP contribution in [-0.4, -0.2) is 44.6 Å². The molecule has 40 heavy (non-hydrogen) atoms. The maximum absolute atomic E-state index is 13.0. The van der Waals surface area contributed by atoms with Gasteiger partial charge in [-0.3, -0.25) is 14.4 Å². The van der Waals surface area contributed by atoms with Crippen molar-refractivity contribution in [1.29, 1.82) is 0 Å². The average molecular weight is 613 g/mol. The normalized spacial score (nSPS) is 20.2. The van der Waals surface area contributed by atoms with Crippen LogP contribution in [0.25, 0.3) is 22.3 Å². The first-order valence-electron chi connectivity index (χ1n) is 12.6. The fourth-order valence-corrected chi connectivity index (χ4v) is 7.51. The number of β-lactam (4-membered cyclic amide) rings is 1. The Kier molecular flexibility index (Phi) is 7.48. The lowest BCUT2D eigenvalue weighted by molar-refractivity contribution is -0.154. The van der Waals surface area contributed by atoms with Gasteiger partial charge in [0.2, 0.25) is 5.91 Å². The van der Waals surface area contributed by atoms with Crippen LogP contribution in [0, 0.1) is 5.92 Å². The van der Waals surface area contributed by atoms with Crippen LogP contribution < -0.4 is 10.3 Å². The van der Waals surface area contributed by atoms with E-state index in [1.165, 1.54) is 0 Å². The van der Waals surface area contributed by atoms with Gasteiger partial charge < -0.3 is 14.6 Å². The Labute approximate surface area is 248 Å². The van der Waals surface area contributed by atoms with E-state index in [4.69, 9.17) is 27.9 Å². The maximum Gasteiger partial charge on any atom is 0.259 e. The zero-order valence-corrected chi connectivity index (χ0v) is 24.4. The Morgan fingerprint density at radius 1 is 1.12 bits per heavy atom. The number of rotatable bonds is 8. The Balaban J connectivity index is 1.17. The number of aromatic nitrogens is 2. The Bertz CT molecular complexity index is 1720. The number of carbonyl (C=O) groups excluding carboxylic acids is 2. The van der Waals surface area contributed by atoms with Gasteiger partial charge in [0.15, 0.2) is 0 Å². The number of aromatic amines is 1. The van der Waals surface area contributed by atoms with Gasteiger partial charge in [-0.15, -0.1) is 23.1 Å². The van der Waals surface area contributed by atoms with Crippen LogP contribution in [-0.2, 0) is 16.0 Å². The molecular formula is C29H23Cl2N3O4S2. The van der Waals surface area contributed by atoms with Crippen LogP contribution in [0.1, 0.15) is 18.2 Å². The van der Waals surface area contributed by atoms with E-state index in [0.29, 0.717) is 44.5 Å². The highest BCUT2D eigenvalue weighted by Gasteiger charge is 2.52. The SMILES string of the molecule is CC1C(COc2ccc(Cl)cc2-c2nc3ccc(Cl)cc3c(=O)[nH]2)=CSC2C(CC(=O)Cc3cccs3)C(=O)N12. The molecule has 3 atom stereocenters. The summed E-state index contributed by atoms with van der Waals surface area (Å²) in [4.78, 5) is 48.6. The van der Waals surface area contributed by atoms with Crippen molar-refractivity contribution >= 4 is 68.9 Å². The summed E-state index contributed by atoms with van der Waals surface area (Å²) in [6, 6.07) is 13.8. The van der Waals surface area contributed by atoms with Crippen molar-refractivity contribution in [2.75, 3.05) is 6.61 Å². The molecule has 3 unspecified atom stereocenters. The molecule has 7 nitrogen and oxygen atoms in total. The van der Waals surface area contributed by atoms with E-state index in [1.807, 2.05) is 34.7 Å². The number of hydrogen-bond acceptors (Lipinski definition) is 7. The van der Waals surface area contributed by atoms with Crippen molar-refractivity contribution in [3.05, 3.63) is 90.2 Å². The second-order valence-corrected chi connectivity index (χ2v) is 12.6. The Hall–Kier alpha value is -3.11. The molecule has 4 aromatic rings. The molecule has 0 radical (unpaired) electrons. The van der Waals surface area contributed by atoms with Gasteiger partial charge in [-0.25, -0.2) is 4.98 Å². The van der Waals surface area contributed by atoms with Crippen LogP contribution in [0.2, 0.25) is 10.0 Å². The molecule has 0 bridgehead atoms. The van der Waals surface area contributed by atoms with Crippen molar-refractivity contribution in [2.24, 2.45) is 5.92 Å². The molecule has 2 aliphatic heterocycles.